The Morgan fingerprint density at radius 3 is 2.93 bits per heavy atom. The first-order chi connectivity index (χ1) is 7.08. The minimum absolute atomic E-state index is 0.0720. The summed E-state index contributed by atoms with van der Waals surface area (Å²) in [5.41, 5.74) is 3.02. The molecule has 1 aromatic heterocycles. The molecule has 0 aliphatic carbocycles. The molecule has 1 N–H and O–H groups in total. The molecule has 1 aliphatic rings. The zero-order valence-corrected chi connectivity index (χ0v) is 9.03. The van der Waals surface area contributed by atoms with Crippen LogP contribution in [0, 0.1) is 0 Å². The second-order valence-electron chi connectivity index (χ2n) is 4.05. The number of carboxylic acids is 1. The second-order valence-corrected chi connectivity index (χ2v) is 4.05. The molecule has 2 rings (SSSR count). The van der Waals surface area contributed by atoms with E-state index in [1.54, 1.807) is 4.68 Å². The molecule has 1 aromatic rings. The summed E-state index contributed by atoms with van der Waals surface area (Å²) in [7, 11) is 3.87. The SMILES string of the molecule is CN1CCc2c(nn(C)c2CC(=O)O)C1. The molecule has 5 heteroatoms. The standard InChI is InChI=1S/C10H15N3O2/c1-12-4-3-7-8(6-12)11-13(2)9(7)5-10(14)15/h3-6H2,1-2H3,(H,14,15). The van der Waals surface area contributed by atoms with Crippen LogP contribution in [0.25, 0.3) is 0 Å². The van der Waals surface area contributed by atoms with Gasteiger partial charge in [0.05, 0.1) is 17.8 Å². The van der Waals surface area contributed by atoms with Gasteiger partial charge < -0.3 is 10.0 Å². The van der Waals surface area contributed by atoms with E-state index in [-0.39, 0.29) is 6.42 Å². The lowest BCUT2D eigenvalue weighted by molar-refractivity contribution is -0.136. The number of aliphatic carboxylic acids is 1. The third kappa shape index (κ3) is 1.87. The molecular formula is C10H15N3O2. The molecule has 2 heterocycles. The number of carbonyl (C=O) groups is 1. The van der Waals surface area contributed by atoms with Gasteiger partial charge >= 0.3 is 5.97 Å². The van der Waals surface area contributed by atoms with Crippen LogP contribution in [0.4, 0.5) is 0 Å². The fourth-order valence-corrected chi connectivity index (χ4v) is 2.08. The second kappa shape index (κ2) is 3.66. The van der Waals surface area contributed by atoms with Gasteiger partial charge in [-0.3, -0.25) is 9.48 Å². The van der Waals surface area contributed by atoms with Crippen molar-refractivity contribution in [2.24, 2.45) is 7.05 Å². The van der Waals surface area contributed by atoms with Gasteiger partial charge in [0.1, 0.15) is 0 Å². The maximum Gasteiger partial charge on any atom is 0.309 e. The summed E-state index contributed by atoms with van der Waals surface area (Å²) in [5.74, 6) is -0.792. The maximum absolute atomic E-state index is 10.7. The third-order valence-electron chi connectivity index (χ3n) is 2.84. The first-order valence-corrected chi connectivity index (χ1v) is 5.02. The number of nitrogens with zero attached hydrogens (tertiary/aromatic N) is 3. The van der Waals surface area contributed by atoms with Gasteiger partial charge in [-0.1, -0.05) is 0 Å². The van der Waals surface area contributed by atoms with Gasteiger partial charge in [0, 0.05) is 20.1 Å². The summed E-state index contributed by atoms with van der Waals surface area (Å²) in [4.78, 5) is 12.9. The van der Waals surface area contributed by atoms with Gasteiger partial charge in [0.15, 0.2) is 0 Å². The van der Waals surface area contributed by atoms with E-state index in [1.807, 2.05) is 7.05 Å². The molecule has 15 heavy (non-hydrogen) atoms. The van der Waals surface area contributed by atoms with Crippen molar-refractivity contribution < 1.29 is 9.90 Å². The minimum atomic E-state index is -0.792. The monoisotopic (exact) mass is 209 g/mol. The van der Waals surface area contributed by atoms with Crippen LogP contribution in [-0.4, -0.2) is 39.3 Å². The van der Waals surface area contributed by atoms with E-state index < -0.39 is 5.97 Å². The molecule has 0 saturated carbocycles. The zero-order chi connectivity index (χ0) is 11.0. The summed E-state index contributed by atoms with van der Waals surface area (Å²) in [6.07, 6.45) is 0.977. The Morgan fingerprint density at radius 2 is 2.27 bits per heavy atom. The largest absolute Gasteiger partial charge is 0.481 e. The van der Waals surface area contributed by atoms with Crippen molar-refractivity contribution in [3.63, 3.8) is 0 Å². The first kappa shape index (κ1) is 10.2. The van der Waals surface area contributed by atoms with Crippen molar-refractivity contribution in [3.8, 4) is 0 Å². The highest BCUT2D eigenvalue weighted by Crippen LogP contribution is 2.21. The Labute approximate surface area is 88.3 Å². The zero-order valence-electron chi connectivity index (χ0n) is 9.03. The smallest absolute Gasteiger partial charge is 0.309 e. The minimum Gasteiger partial charge on any atom is -0.481 e. The molecule has 0 radical (unpaired) electrons. The van der Waals surface area contributed by atoms with Crippen molar-refractivity contribution >= 4 is 5.97 Å². The van der Waals surface area contributed by atoms with E-state index in [9.17, 15) is 4.79 Å². The van der Waals surface area contributed by atoms with Crippen molar-refractivity contribution in [1.29, 1.82) is 0 Å². The lowest BCUT2D eigenvalue weighted by atomic mass is 10.0. The number of hydrogen-bond donors (Lipinski definition) is 1. The van der Waals surface area contributed by atoms with E-state index >= 15 is 0 Å². The molecular weight excluding hydrogens is 194 g/mol. The van der Waals surface area contributed by atoms with Crippen LogP contribution in [-0.2, 0) is 31.2 Å². The van der Waals surface area contributed by atoms with Crippen LogP contribution < -0.4 is 0 Å². The average molecular weight is 209 g/mol. The third-order valence-corrected chi connectivity index (χ3v) is 2.84. The Balaban J connectivity index is 2.35. The fourth-order valence-electron chi connectivity index (χ4n) is 2.08. The van der Waals surface area contributed by atoms with E-state index in [4.69, 9.17) is 5.11 Å². The first-order valence-electron chi connectivity index (χ1n) is 5.02. The lowest BCUT2D eigenvalue weighted by Gasteiger charge is -2.21. The highest BCUT2D eigenvalue weighted by molar-refractivity contribution is 5.70. The summed E-state index contributed by atoms with van der Waals surface area (Å²) < 4.78 is 1.71. The van der Waals surface area contributed by atoms with Gasteiger partial charge in [-0.2, -0.15) is 5.10 Å². The quantitative estimate of drug-likeness (QED) is 0.747. The van der Waals surface area contributed by atoms with Crippen LogP contribution in [0.5, 0.6) is 0 Å². The van der Waals surface area contributed by atoms with Gasteiger partial charge in [0.25, 0.3) is 0 Å². The molecule has 1 aliphatic heterocycles. The topological polar surface area (TPSA) is 58.4 Å². The Bertz CT molecular complexity index is 398. The van der Waals surface area contributed by atoms with Gasteiger partial charge in [-0.15, -0.1) is 0 Å². The average Bonchev–Trinajstić information content (AvgIpc) is 2.41. The van der Waals surface area contributed by atoms with Crippen molar-refractivity contribution in [1.82, 2.24) is 14.7 Å². The summed E-state index contributed by atoms with van der Waals surface area (Å²) in [5, 5.41) is 13.2. The molecule has 0 fully saturated rings. The van der Waals surface area contributed by atoms with Crippen LogP contribution in [0.1, 0.15) is 17.0 Å². The Morgan fingerprint density at radius 1 is 1.53 bits per heavy atom. The predicted molar refractivity (Wildman–Crippen MR) is 54.6 cm³/mol. The number of hydrogen-bond acceptors (Lipinski definition) is 3. The maximum atomic E-state index is 10.7. The van der Waals surface area contributed by atoms with Crippen LogP contribution >= 0.6 is 0 Å². The molecule has 0 amide bonds. The van der Waals surface area contributed by atoms with E-state index in [0.717, 1.165) is 36.5 Å². The molecule has 0 saturated heterocycles. The Kier molecular flexibility index (Phi) is 2.48. The van der Waals surface area contributed by atoms with Crippen LogP contribution in [0.2, 0.25) is 0 Å². The molecule has 0 atom stereocenters. The van der Waals surface area contributed by atoms with E-state index in [1.165, 1.54) is 0 Å². The van der Waals surface area contributed by atoms with Crippen LogP contribution in [0.15, 0.2) is 0 Å². The number of likely N-dealkylation sites (N-methyl/N-ethyl adjacent to an activating group) is 1. The number of carboxylic acid groups (broad SMARTS) is 1. The molecule has 0 unspecified atom stereocenters. The highest BCUT2D eigenvalue weighted by Gasteiger charge is 2.22. The van der Waals surface area contributed by atoms with Gasteiger partial charge in [-0.05, 0) is 19.0 Å². The van der Waals surface area contributed by atoms with Crippen molar-refractivity contribution in [2.45, 2.75) is 19.4 Å². The molecule has 5 nitrogen and oxygen atoms in total. The molecule has 0 bridgehead atoms. The van der Waals surface area contributed by atoms with E-state index in [0.29, 0.717) is 0 Å². The number of aryl methyl sites for hydroxylation is 1. The fraction of sp³-hybridized carbons (Fsp3) is 0.600. The summed E-state index contributed by atoms with van der Waals surface area (Å²) in [6, 6.07) is 0. The van der Waals surface area contributed by atoms with Crippen LogP contribution in [0.3, 0.4) is 0 Å². The lowest BCUT2D eigenvalue weighted by Crippen LogP contribution is -2.26. The number of rotatable bonds is 2. The van der Waals surface area contributed by atoms with Crippen molar-refractivity contribution in [3.05, 3.63) is 17.0 Å². The van der Waals surface area contributed by atoms with Crippen molar-refractivity contribution in [2.75, 3.05) is 13.6 Å². The molecule has 82 valence electrons. The number of fused-ring (bicyclic) bond motifs is 1. The summed E-state index contributed by atoms with van der Waals surface area (Å²) in [6.45, 7) is 1.80. The Hall–Kier alpha value is -1.36. The predicted octanol–water partition coefficient (Wildman–Crippen LogP) is 0.0351. The van der Waals surface area contributed by atoms with E-state index in [2.05, 4.69) is 17.0 Å². The number of aromatic nitrogens is 2. The van der Waals surface area contributed by atoms with Gasteiger partial charge in [-0.25, -0.2) is 0 Å². The summed E-state index contributed by atoms with van der Waals surface area (Å²) >= 11 is 0. The molecule has 0 spiro atoms. The highest BCUT2D eigenvalue weighted by atomic mass is 16.4. The normalized spacial score (nSPS) is 16.4. The van der Waals surface area contributed by atoms with Gasteiger partial charge in [0.2, 0.25) is 0 Å². The molecule has 0 aromatic carbocycles.